The summed E-state index contributed by atoms with van der Waals surface area (Å²) in [7, 11) is -3.50. The van der Waals surface area contributed by atoms with Gasteiger partial charge in [-0.05, 0) is 37.3 Å². The maximum absolute atomic E-state index is 12.8. The van der Waals surface area contributed by atoms with Crippen LogP contribution in [0.2, 0.25) is 5.02 Å². The summed E-state index contributed by atoms with van der Waals surface area (Å²) in [6.07, 6.45) is 0. The Labute approximate surface area is 174 Å². The van der Waals surface area contributed by atoms with Crippen molar-refractivity contribution in [2.24, 2.45) is 0 Å². The number of thiazole rings is 1. The van der Waals surface area contributed by atoms with Crippen LogP contribution in [0.5, 0.6) is 0 Å². The highest BCUT2D eigenvalue weighted by Crippen LogP contribution is 2.29. The fourth-order valence-corrected chi connectivity index (χ4v) is 5.66. The van der Waals surface area contributed by atoms with Crippen LogP contribution in [0.4, 0.5) is 5.13 Å². The van der Waals surface area contributed by atoms with Gasteiger partial charge in [-0.25, -0.2) is 13.4 Å². The van der Waals surface area contributed by atoms with E-state index in [2.05, 4.69) is 35.4 Å². The summed E-state index contributed by atoms with van der Waals surface area (Å²) in [5.74, 6) is 0. The zero-order valence-corrected chi connectivity index (χ0v) is 17.8. The lowest BCUT2D eigenvalue weighted by Crippen LogP contribution is -2.48. The van der Waals surface area contributed by atoms with Crippen LogP contribution in [-0.2, 0) is 10.0 Å². The molecule has 0 saturated carbocycles. The molecule has 0 spiro atoms. The Morgan fingerprint density at radius 3 is 2.43 bits per heavy atom. The molecule has 0 radical (unpaired) electrons. The molecule has 28 heavy (non-hydrogen) atoms. The van der Waals surface area contributed by atoms with Gasteiger partial charge in [-0.3, -0.25) is 0 Å². The second-order valence-electron chi connectivity index (χ2n) is 6.73. The van der Waals surface area contributed by atoms with Crippen LogP contribution in [0.15, 0.2) is 58.8 Å². The molecule has 0 unspecified atom stereocenters. The maximum atomic E-state index is 12.8. The number of hydrogen-bond donors (Lipinski definition) is 0. The van der Waals surface area contributed by atoms with Crippen molar-refractivity contribution in [1.29, 1.82) is 0 Å². The average Bonchev–Trinajstić information content (AvgIpc) is 3.19. The monoisotopic (exact) mass is 433 g/mol. The van der Waals surface area contributed by atoms with Crippen LogP contribution < -0.4 is 4.90 Å². The lowest BCUT2D eigenvalue weighted by Gasteiger charge is -2.33. The Bertz CT molecular complexity index is 1070. The lowest BCUT2D eigenvalue weighted by atomic mass is 10.1. The molecule has 0 aliphatic carbocycles. The summed E-state index contributed by atoms with van der Waals surface area (Å²) in [4.78, 5) is 7.19. The molecule has 3 aromatic rings. The molecule has 2 aromatic carbocycles. The summed E-state index contributed by atoms with van der Waals surface area (Å²) in [5, 5.41) is 3.51. The van der Waals surface area contributed by atoms with E-state index in [4.69, 9.17) is 16.6 Å². The van der Waals surface area contributed by atoms with Gasteiger partial charge >= 0.3 is 0 Å². The predicted octanol–water partition coefficient (Wildman–Crippen LogP) is 4.28. The number of hydrogen-bond acceptors (Lipinski definition) is 5. The van der Waals surface area contributed by atoms with E-state index >= 15 is 0 Å². The van der Waals surface area contributed by atoms with E-state index < -0.39 is 10.0 Å². The summed E-state index contributed by atoms with van der Waals surface area (Å²) < 4.78 is 27.2. The minimum Gasteiger partial charge on any atom is -0.345 e. The van der Waals surface area contributed by atoms with Gasteiger partial charge in [-0.2, -0.15) is 4.31 Å². The molecule has 0 bridgehead atoms. The van der Waals surface area contributed by atoms with Gasteiger partial charge in [0, 0.05) is 42.1 Å². The molecule has 0 amide bonds. The van der Waals surface area contributed by atoms with E-state index in [1.807, 2.05) is 6.07 Å². The van der Waals surface area contributed by atoms with Crippen LogP contribution in [-0.4, -0.2) is 43.9 Å². The fraction of sp³-hybridized carbons (Fsp3) is 0.250. The third kappa shape index (κ3) is 3.93. The van der Waals surface area contributed by atoms with Crippen molar-refractivity contribution in [2.75, 3.05) is 31.1 Å². The van der Waals surface area contributed by atoms with Crippen LogP contribution >= 0.6 is 22.9 Å². The molecule has 1 saturated heterocycles. The van der Waals surface area contributed by atoms with Gasteiger partial charge in [-0.15, -0.1) is 11.3 Å². The highest BCUT2D eigenvalue weighted by Gasteiger charge is 2.29. The van der Waals surface area contributed by atoms with E-state index in [0.717, 1.165) is 16.4 Å². The third-order valence-electron chi connectivity index (χ3n) is 4.77. The molecule has 8 heteroatoms. The largest absolute Gasteiger partial charge is 0.345 e. The molecule has 4 rings (SSSR count). The molecular formula is C20H20ClN3O2S2. The molecule has 146 valence electrons. The number of rotatable bonds is 4. The normalized spacial score (nSPS) is 15.7. The summed E-state index contributed by atoms with van der Waals surface area (Å²) in [6.45, 7) is 4.17. The van der Waals surface area contributed by atoms with E-state index in [0.29, 0.717) is 31.2 Å². The number of benzene rings is 2. The zero-order chi connectivity index (χ0) is 19.7. The molecule has 1 aliphatic rings. The van der Waals surface area contributed by atoms with Gasteiger partial charge in [0.2, 0.25) is 10.0 Å². The Hall–Kier alpha value is -1.93. The molecule has 1 fully saturated rings. The zero-order valence-electron chi connectivity index (χ0n) is 15.4. The molecule has 0 atom stereocenters. The minimum absolute atomic E-state index is 0.279. The average molecular weight is 434 g/mol. The highest BCUT2D eigenvalue weighted by molar-refractivity contribution is 7.89. The SMILES string of the molecule is Cc1cccc(-c2csc(N3CCN(S(=O)(=O)c4ccc(Cl)cc4)CC3)n2)c1. The van der Waals surface area contributed by atoms with Crippen LogP contribution in [0.25, 0.3) is 11.3 Å². The van der Waals surface area contributed by atoms with Gasteiger partial charge < -0.3 is 4.90 Å². The third-order valence-corrected chi connectivity index (χ3v) is 7.83. The van der Waals surface area contributed by atoms with Crippen molar-refractivity contribution < 1.29 is 8.42 Å². The second-order valence-corrected chi connectivity index (χ2v) is 9.94. The van der Waals surface area contributed by atoms with Crippen LogP contribution in [0.3, 0.4) is 0 Å². The Morgan fingerprint density at radius 2 is 1.75 bits per heavy atom. The number of sulfonamides is 1. The summed E-state index contributed by atoms with van der Waals surface area (Å²) in [6, 6.07) is 14.6. The van der Waals surface area contributed by atoms with Crippen molar-refractivity contribution in [1.82, 2.24) is 9.29 Å². The van der Waals surface area contributed by atoms with Gasteiger partial charge in [0.1, 0.15) is 0 Å². The van der Waals surface area contributed by atoms with E-state index in [9.17, 15) is 8.42 Å². The number of piperazine rings is 1. The smallest absolute Gasteiger partial charge is 0.243 e. The van der Waals surface area contributed by atoms with Crippen molar-refractivity contribution in [3.05, 3.63) is 64.5 Å². The Morgan fingerprint density at radius 1 is 1.04 bits per heavy atom. The Balaban J connectivity index is 1.45. The number of nitrogens with zero attached hydrogens (tertiary/aromatic N) is 3. The molecule has 1 aliphatic heterocycles. The van der Waals surface area contributed by atoms with E-state index in [-0.39, 0.29) is 4.90 Å². The van der Waals surface area contributed by atoms with Crippen molar-refractivity contribution in [3.8, 4) is 11.3 Å². The van der Waals surface area contributed by atoms with E-state index in [1.165, 1.54) is 9.87 Å². The van der Waals surface area contributed by atoms with Gasteiger partial charge in [0.15, 0.2) is 5.13 Å². The van der Waals surface area contributed by atoms with Crippen molar-refractivity contribution in [3.63, 3.8) is 0 Å². The second kappa shape index (κ2) is 7.83. The first-order chi connectivity index (χ1) is 13.4. The number of halogens is 1. The topological polar surface area (TPSA) is 53.5 Å². The van der Waals surface area contributed by atoms with Crippen molar-refractivity contribution >= 4 is 38.1 Å². The first-order valence-corrected chi connectivity index (χ1v) is 11.7. The van der Waals surface area contributed by atoms with Gasteiger partial charge in [-0.1, -0.05) is 35.4 Å². The lowest BCUT2D eigenvalue weighted by molar-refractivity contribution is 0.385. The van der Waals surface area contributed by atoms with Crippen LogP contribution in [0, 0.1) is 6.92 Å². The van der Waals surface area contributed by atoms with Gasteiger partial charge in [0.05, 0.1) is 10.6 Å². The maximum Gasteiger partial charge on any atom is 0.243 e. The van der Waals surface area contributed by atoms with Crippen molar-refractivity contribution in [2.45, 2.75) is 11.8 Å². The highest BCUT2D eigenvalue weighted by atomic mass is 35.5. The Kier molecular flexibility index (Phi) is 5.42. The molecule has 5 nitrogen and oxygen atoms in total. The molecule has 0 N–H and O–H groups in total. The standard InChI is InChI=1S/C20H20ClN3O2S2/c1-15-3-2-4-16(13-15)19-14-27-20(22-19)23-9-11-24(12-10-23)28(25,26)18-7-5-17(21)6-8-18/h2-8,13-14H,9-12H2,1H3. The number of aromatic nitrogens is 1. The van der Waals surface area contributed by atoms with E-state index in [1.54, 1.807) is 35.6 Å². The fourth-order valence-electron chi connectivity index (χ4n) is 3.22. The first kappa shape index (κ1) is 19.4. The minimum atomic E-state index is -3.50. The first-order valence-electron chi connectivity index (χ1n) is 8.97. The van der Waals surface area contributed by atoms with Gasteiger partial charge in [0.25, 0.3) is 0 Å². The quantitative estimate of drug-likeness (QED) is 0.616. The molecular weight excluding hydrogens is 414 g/mol. The predicted molar refractivity (Wildman–Crippen MR) is 115 cm³/mol. The molecule has 1 aromatic heterocycles. The number of anilines is 1. The molecule has 2 heterocycles. The van der Waals surface area contributed by atoms with Crippen LogP contribution in [0.1, 0.15) is 5.56 Å². The summed E-state index contributed by atoms with van der Waals surface area (Å²) >= 11 is 7.46. The summed E-state index contributed by atoms with van der Waals surface area (Å²) in [5.41, 5.74) is 3.26. The number of aryl methyl sites for hydroxylation is 1.